The van der Waals surface area contributed by atoms with Gasteiger partial charge in [-0.25, -0.2) is 0 Å². The van der Waals surface area contributed by atoms with E-state index in [1.807, 2.05) is 35.9 Å². The molecule has 3 aromatic rings. The number of nitrogens with one attached hydrogen (secondary N) is 2. The summed E-state index contributed by atoms with van der Waals surface area (Å²) in [6, 6.07) is 8.53. The number of hydrogen-bond acceptors (Lipinski definition) is 5. The van der Waals surface area contributed by atoms with E-state index in [9.17, 15) is 9.59 Å². The predicted octanol–water partition coefficient (Wildman–Crippen LogP) is 2.92. The smallest absolute Gasteiger partial charge is 0.270 e. The molecule has 1 atom stereocenters. The average Bonchev–Trinajstić information content (AvgIpc) is 3.31. The molecule has 0 bridgehead atoms. The first-order valence-corrected chi connectivity index (χ1v) is 11.1. The standard InChI is InChI=1S/C23H29N7O2/c1-29-15-24-28-21(29)17-9-11-18(12-10-17)26-23(32)20(16-7-5-3-4-6-8-16)27-22(31)19-13-14-25-30(19)2/h9-16,20H,3-8H2,1-2H3,(H,26,32)(H,27,31)/t20-/m0/s1. The molecule has 1 saturated carbocycles. The van der Waals surface area contributed by atoms with Gasteiger partial charge in [-0.15, -0.1) is 10.2 Å². The SMILES string of the molecule is Cn1cnnc1-c1ccc(NC(=O)[C@@H](NC(=O)c2ccnn2C)C2CCCCCC2)cc1. The highest BCUT2D eigenvalue weighted by Crippen LogP contribution is 2.27. The quantitative estimate of drug-likeness (QED) is 0.579. The lowest BCUT2D eigenvalue weighted by atomic mass is 9.91. The Morgan fingerprint density at radius 1 is 1.03 bits per heavy atom. The number of rotatable bonds is 6. The maximum Gasteiger partial charge on any atom is 0.270 e. The monoisotopic (exact) mass is 435 g/mol. The molecule has 1 aliphatic carbocycles. The minimum absolute atomic E-state index is 0.104. The van der Waals surface area contributed by atoms with Gasteiger partial charge in [-0.3, -0.25) is 14.3 Å². The van der Waals surface area contributed by atoms with Crippen molar-refractivity contribution in [3.05, 3.63) is 48.5 Å². The lowest BCUT2D eigenvalue weighted by molar-refractivity contribution is -0.119. The molecule has 0 saturated heterocycles. The summed E-state index contributed by atoms with van der Waals surface area (Å²) in [4.78, 5) is 26.2. The van der Waals surface area contributed by atoms with Crippen molar-refractivity contribution in [3.63, 3.8) is 0 Å². The molecule has 2 N–H and O–H groups in total. The summed E-state index contributed by atoms with van der Waals surface area (Å²) in [6.07, 6.45) is 9.56. The van der Waals surface area contributed by atoms with Crippen LogP contribution in [-0.4, -0.2) is 42.4 Å². The van der Waals surface area contributed by atoms with Gasteiger partial charge in [-0.1, -0.05) is 25.7 Å². The molecular formula is C23H29N7O2. The highest BCUT2D eigenvalue weighted by Gasteiger charge is 2.31. The highest BCUT2D eigenvalue weighted by atomic mass is 16.2. The number of hydrogen-bond donors (Lipinski definition) is 2. The number of anilines is 1. The van der Waals surface area contributed by atoms with Gasteiger partial charge in [0, 0.05) is 31.5 Å². The van der Waals surface area contributed by atoms with Gasteiger partial charge < -0.3 is 15.2 Å². The van der Waals surface area contributed by atoms with E-state index < -0.39 is 6.04 Å². The molecule has 168 valence electrons. The van der Waals surface area contributed by atoms with E-state index in [-0.39, 0.29) is 17.7 Å². The van der Waals surface area contributed by atoms with Gasteiger partial charge in [0.05, 0.1) is 0 Å². The Morgan fingerprint density at radius 2 is 1.75 bits per heavy atom. The van der Waals surface area contributed by atoms with E-state index in [1.54, 1.807) is 25.6 Å². The van der Waals surface area contributed by atoms with Crippen LogP contribution < -0.4 is 10.6 Å². The van der Waals surface area contributed by atoms with Gasteiger partial charge >= 0.3 is 0 Å². The lowest BCUT2D eigenvalue weighted by Gasteiger charge is -2.26. The maximum absolute atomic E-state index is 13.3. The summed E-state index contributed by atoms with van der Waals surface area (Å²) in [5, 5.41) is 18.1. The van der Waals surface area contributed by atoms with Crippen molar-refractivity contribution < 1.29 is 9.59 Å². The second-order valence-electron chi connectivity index (χ2n) is 8.37. The van der Waals surface area contributed by atoms with Crippen molar-refractivity contribution in [1.29, 1.82) is 0 Å². The second kappa shape index (κ2) is 9.76. The summed E-state index contributed by atoms with van der Waals surface area (Å²) in [7, 11) is 3.60. The molecule has 2 amide bonds. The van der Waals surface area contributed by atoms with Crippen LogP contribution in [0.15, 0.2) is 42.9 Å². The van der Waals surface area contributed by atoms with Crippen LogP contribution >= 0.6 is 0 Å². The third-order valence-corrected chi connectivity index (χ3v) is 6.12. The van der Waals surface area contributed by atoms with Crippen LogP contribution in [0.3, 0.4) is 0 Å². The van der Waals surface area contributed by atoms with E-state index in [0.29, 0.717) is 11.4 Å². The molecule has 2 heterocycles. The largest absolute Gasteiger partial charge is 0.339 e. The van der Waals surface area contributed by atoms with Crippen molar-refractivity contribution in [1.82, 2.24) is 29.9 Å². The van der Waals surface area contributed by atoms with Crippen molar-refractivity contribution in [2.75, 3.05) is 5.32 Å². The molecule has 0 radical (unpaired) electrons. The normalized spacial score (nSPS) is 15.7. The van der Waals surface area contributed by atoms with E-state index in [4.69, 9.17) is 0 Å². The molecule has 2 aromatic heterocycles. The highest BCUT2D eigenvalue weighted by molar-refractivity contribution is 6.00. The molecule has 1 aromatic carbocycles. The topological polar surface area (TPSA) is 107 Å². The number of aromatic nitrogens is 5. The number of aryl methyl sites for hydroxylation is 2. The number of carbonyl (C=O) groups excluding carboxylic acids is 2. The third-order valence-electron chi connectivity index (χ3n) is 6.12. The second-order valence-corrected chi connectivity index (χ2v) is 8.37. The van der Waals surface area contributed by atoms with Crippen LogP contribution in [0.5, 0.6) is 0 Å². The summed E-state index contributed by atoms with van der Waals surface area (Å²) in [5.74, 6) is 0.376. The summed E-state index contributed by atoms with van der Waals surface area (Å²) in [6.45, 7) is 0. The fraction of sp³-hybridized carbons (Fsp3) is 0.435. The van der Waals surface area contributed by atoms with Crippen molar-refractivity contribution in [2.45, 2.75) is 44.6 Å². The minimum atomic E-state index is -0.603. The van der Waals surface area contributed by atoms with Gasteiger partial charge in [-0.05, 0) is 49.1 Å². The van der Waals surface area contributed by atoms with Crippen molar-refractivity contribution in [3.8, 4) is 11.4 Å². The Kier molecular flexibility index (Phi) is 6.63. The zero-order valence-electron chi connectivity index (χ0n) is 18.5. The van der Waals surface area contributed by atoms with Crippen molar-refractivity contribution >= 4 is 17.5 Å². The molecular weight excluding hydrogens is 406 g/mol. The molecule has 1 aliphatic rings. The Labute approximate surface area is 187 Å². The number of amides is 2. The van der Waals surface area contributed by atoms with Crippen LogP contribution in [0, 0.1) is 5.92 Å². The first-order chi connectivity index (χ1) is 15.5. The van der Waals surface area contributed by atoms with E-state index in [0.717, 1.165) is 37.1 Å². The van der Waals surface area contributed by atoms with Gasteiger partial charge in [-0.2, -0.15) is 5.10 Å². The molecule has 32 heavy (non-hydrogen) atoms. The zero-order valence-corrected chi connectivity index (χ0v) is 18.5. The third kappa shape index (κ3) is 4.87. The first kappa shape index (κ1) is 21.7. The van der Waals surface area contributed by atoms with Crippen LogP contribution in [0.4, 0.5) is 5.69 Å². The maximum atomic E-state index is 13.3. The molecule has 0 aliphatic heterocycles. The summed E-state index contributed by atoms with van der Waals surface area (Å²) in [5.41, 5.74) is 2.02. The molecule has 4 rings (SSSR count). The van der Waals surface area contributed by atoms with Crippen LogP contribution in [-0.2, 0) is 18.9 Å². The zero-order chi connectivity index (χ0) is 22.5. The first-order valence-electron chi connectivity index (χ1n) is 11.1. The Morgan fingerprint density at radius 3 is 2.34 bits per heavy atom. The van der Waals surface area contributed by atoms with E-state index in [1.165, 1.54) is 17.5 Å². The van der Waals surface area contributed by atoms with Crippen LogP contribution in [0.25, 0.3) is 11.4 Å². The predicted molar refractivity (Wildman–Crippen MR) is 121 cm³/mol. The molecule has 9 nitrogen and oxygen atoms in total. The Balaban J connectivity index is 1.50. The molecule has 1 fully saturated rings. The fourth-order valence-corrected chi connectivity index (χ4v) is 4.32. The van der Waals surface area contributed by atoms with Gasteiger partial charge in [0.25, 0.3) is 5.91 Å². The average molecular weight is 436 g/mol. The fourth-order valence-electron chi connectivity index (χ4n) is 4.32. The molecule has 0 spiro atoms. The lowest BCUT2D eigenvalue weighted by Crippen LogP contribution is -2.48. The number of benzene rings is 1. The Bertz CT molecular complexity index is 1060. The van der Waals surface area contributed by atoms with Crippen LogP contribution in [0.1, 0.15) is 49.0 Å². The van der Waals surface area contributed by atoms with Gasteiger partial charge in [0.1, 0.15) is 18.1 Å². The van der Waals surface area contributed by atoms with Crippen LogP contribution in [0.2, 0.25) is 0 Å². The van der Waals surface area contributed by atoms with Gasteiger partial charge in [0.2, 0.25) is 5.91 Å². The summed E-state index contributed by atoms with van der Waals surface area (Å²) >= 11 is 0. The molecule has 0 unspecified atom stereocenters. The molecule has 9 heteroatoms. The van der Waals surface area contributed by atoms with Gasteiger partial charge in [0.15, 0.2) is 5.82 Å². The minimum Gasteiger partial charge on any atom is -0.339 e. The Hall–Kier alpha value is -3.49. The van der Waals surface area contributed by atoms with E-state index >= 15 is 0 Å². The number of nitrogens with zero attached hydrogens (tertiary/aromatic N) is 5. The van der Waals surface area contributed by atoms with E-state index in [2.05, 4.69) is 25.9 Å². The van der Waals surface area contributed by atoms with Crippen molar-refractivity contribution in [2.24, 2.45) is 20.0 Å². The number of carbonyl (C=O) groups is 2. The summed E-state index contributed by atoms with van der Waals surface area (Å²) < 4.78 is 3.35.